The number of aromatic hydroxyl groups is 1. The van der Waals surface area contributed by atoms with Crippen molar-refractivity contribution in [3.63, 3.8) is 0 Å². The molecule has 0 aliphatic carbocycles. The largest absolute Gasteiger partial charge is 0.508 e. The van der Waals surface area contributed by atoms with Gasteiger partial charge in [-0.15, -0.1) is 0 Å². The number of carbonyl (C=O) groups is 2. The minimum absolute atomic E-state index is 0.154. The van der Waals surface area contributed by atoms with Crippen molar-refractivity contribution < 1.29 is 19.8 Å². The first-order valence-electron chi connectivity index (χ1n) is 5.17. The quantitative estimate of drug-likeness (QED) is 0.768. The van der Waals surface area contributed by atoms with E-state index in [0.29, 0.717) is 6.54 Å². The van der Waals surface area contributed by atoms with Gasteiger partial charge in [0.05, 0.1) is 0 Å². The van der Waals surface area contributed by atoms with Gasteiger partial charge in [0.2, 0.25) is 5.91 Å². The van der Waals surface area contributed by atoms with Crippen LogP contribution in [-0.4, -0.2) is 34.0 Å². The van der Waals surface area contributed by atoms with Crippen LogP contribution >= 0.6 is 0 Å². The van der Waals surface area contributed by atoms with Gasteiger partial charge in [-0.2, -0.15) is 0 Å². The Bertz CT molecular complexity index is 413. The third kappa shape index (κ3) is 3.48. The maximum atomic E-state index is 11.7. The SMILES string of the molecule is CC(C(=O)O)C(=O)N(C)Cc1ccc(O)cc1. The molecule has 1 atom stereocenters. The Hall–Kier alpha value is -2.04. The summed E-state index contributed by atoms with van der Waals surface area (Å²) >= 11 is 0. The zero-order valence-corrected chi connectivity index (χ0v) is 9.75. The van der Waals surface area contributed by atoms with Crippen molar-refractivity contribution >= 4 is 11.9 Å². The fourth-order valence-corrected chi connectivity index (χ4v) is 1.39. The molecule has 2 N–H and O–H groups in total. The fourth-order valence-electron chi connectivity index (χ4n) is 1.39. The van der Waals surface area contributed by atoms with Crippen LogP contribution in [0.4, 0.5) is 0 Å². The molecule has 1 amide bonds. The van der Waals surface area contributed by atoms with Gasteiger partial charge in [-0.05, 0) is 24.6 Å². The van der Waals surface area contributed by atoms with Gasteiger partial charge in [0.15, 0.2) is 0 Å². The lowest BCUT2D eigenvalue weighted by Crippen LogP contribution is -2.34. The summed E-state index contributed by atoms with van der Waals surface area (Å²) in [4.78, 5) is 23.7. The molecule has 1 unspecified atom stereocenters. The number of nitrogens with zero attached hydrogens (tertiary/aromatic N) is 1. The monoisotopic (exact) mass is 237 g/mol. The first-order valence-corrected chi connectivity index (χ1v) is 5.17. The van der Waals surface area contributed by atoms with Gasteiger partial charge in [-0.3, -0.25) is 9.59 Å². The number of carboxylic acid groups (broad SMARTS) is 1. The second kappa shape index (κ2) is 5.34. The molecule has 0 saturated heterocycles. The van der Waals surface area contributed by atoms with Crippen LogP contribution in [-0.2, 0) is 16.1 Å². The molecule has 0 radical (unpaired) electrons. The number of carbonyl (C=O) groups excluding carboxylic acids is 1. The first-order chi connectivity index (χ1) is 7.91. The smallest absolute Gasteiger partial charge is 0.315 e. The molecule has 0 aliphatic heterocycles. The Kier molecular flexibility index (Phi) is 4.09. The van der Waals surface area contributed by atoms with Crippen molar-refractivity contribution in [3.05, 3.63) is 29.8 Å². The highest BCUT2D eigenvalue weighted by Gasteiger charge is 2.23. The minimum Gasteiger partial charge on any atom is -0.508 e. The predicted octanol–water partition coefficient (Wildman–Crippen LogP) is 1.07. The number of carboxylic acids is 1. The molecule has 1 aromatic carbocycles. The number of amides is 1. The molecule has 0 spiro atoms. The molecule has 0 fully saturated rings. The summed E-state index contributed by atoms with van der Waals surface area (Å²) in [6, 6.07) is 6.41. The Morgan fingerprint density at radius 1 is 1.29 bits per heavy atom. The summed E-state index contributed by atoms with van der Waals surface area (Å²) < 4.78 is 0. The van der Waals surface area contributed by atoms with Crippen molar-refractivity contribution in [2.45, 2.75) is 13.5 Å². The number of phenolic OH excluding ortho intramolecular Hbond substituents is 1. The highest BCUT2D eigenvalue weighted by molar-refractivity contribution is 5.96. The number of rotatable bonds is 4. The fraction of sp³-hybridized carbons (Fsp3) is 0.333. The van der Waals surface area contributed by atoms with Crippen LogP contribution in [0.3, 0.4) is 0 Å². The third-order valence-electron chi connectivity index (χ3n) is 2.47. The first kappa shape index (κ1) is 13.0. The molecule has 0 bridgehead atoms. The number of hydrogen-bond donors (Lipinski definition) is 2. The van der Waals surface area contributed by atoms with E-state index in [1.807, 2.05) is 0 Å². The highest BCUT2D eigenvalue weighted by atomic mass is 16.4. The summed E-state index contributed by atoms with van der Waals surface area (Å²) in [6.07, 6.45) is 0. The second-order valence-electron chi connectivity index (χ2n) is 3.92. The van der Waals surface area contributed by atoms with Crippen LogP contribution in [0.25, 0.3) is 0 Å². The molecule has 1 aromatic rings. The van der Waals surface area contributed by atoms with E-state index in [4.69, 9.17) is 10.2 Å². The molecule has 5 heteroatoms. The lowest BCUT2D eigenvalue weighted by atomic mass is 10.1. The summed E-state index contributed by atoms with van der Waals surface area (Å²) in [7, 11) is 1.55. The standard InChI is InChI=1S/C12H15NO4/c1-8(12(16)17)11(15)13(2)7-9-3-5-10(14)6-4-9/h3-6,8,14H,7H2,1-2H3,(H,16,17). The normalized spacial score (nSPS) is 11.9. The van der Waals surface area contributed by atoms with Crippen molar-refractivity contribution in [1.29, 1.82) is 0 Å². The zero-order valence-electron chi connectivity index (χ0n) is 9.75. The Morgan fingerprint density at radius 3 is 2.29 bits per heavy atom. The van der Waals surface area contributed by atoms with E-state index in [1.54, 1.807) is 19.2 Å². The predicted molar refractivity (Wildman–Crippen MR) is 61.4 cm³/mol. The van der Waals surface area contributed by atoms with Crippen LogP contribution in [0.2, 0.25) is 0 Å². The topological polar surface area (TPSA) is 77.8 Å². The number of hydrogen-bond acceptors (Lipinski definition) is 3. The lowest BCUT2D eigenvalue weighted by molar-refractivity contribution is -0.149. The molecule has 1 rings (SSSR count). The summed E-state index contributed by atoms with van der Waals surface area (Å²) in [5.74, 6) is -2.46. The zero-order chi connectivity index (χ0) is 13.0. The van der Waals surface area contributed by atoms with E-state index >= 15 is 0 Å². The summed E-state index contributed by atoms with van der Waals surface area (Å²) in [5, 5.41) is 17.8. The van der Waals surface area contributed by atoms with E-state index in [-0.39, 0.29) is 5.75 Å². The lowest BCUT2D eigenvalue weighted by Gasteiger charge is -2.19. The van der Waals surface area contributed by atoms with Crippen LogP contribution in [0, 0.1) is 5.92 Å². The van der Waals surface area contributed by atoms with Crippen LogP contribution in [0.5, 0.6) is 5.75 Å². The summed E-state index contributed by atoms with van der Waals surface area (Å²) in [6.45, 7) is 1.68. The maximum absolute atomic E-state index is 11.7. The number of aliphatic carboxylic acids is 1. The molecule has 17 heavy (non-hydrogen) atoms. The molecule has 0 aromatic heterocycles. The third-order valence-corrected chi connectivity index (χ3v) is 2.47. The van der Waals surface area contributed by atoms with Crippen molar-refractivity contribution in [1.82, 2.24) is 4.90 Å². The Morgan fingerprint density at radius 2 is 1.82 bits per heavy atom. The number of phenols is 1. The van der Waals surface area contributed by atoms with E-state index in [9.17, 15) is 9.59 Å². The van der Waals surface area contributed by atoms with E-state index in [0.717, 1.165) is 5.56 Å². The second-order valence-corrected chi connectivity index (χ2v) is 3.92. The summed E-state index contributed by atoms with van der Waals surface area (Å²) in [5.41, 5.74) is 0.830. The van der Waals surface area contributed by atoms with Crippen molar-refractivity contribution in [2.75, 3.05) is 7.05 Å². The van der Waals surface area contributed by atoms with E-state index < -0.39 is 17.8 Å². The van der Waals surface area contributed by atoms with Crippen LogP contribution in [0.1, 0.15) is 12.5 Å². The molecule has 5 nitrogen and oxygen atoms in total. The van der Waals surface area contributed by atoms with Gasteiger partial charge >= 0.3 is 5.97 Å². The van der Waals surface area contributed by atoms with Gasteiger partial charge in [-0.1, -0.05) is 12.1 Å². The Labute approximate surface area is 99.3 Å². The molecule has 92 valence electrons. The maximum Gasteiger partial charge on any atom is 0.315 e. The highest BCUT2D eigenvalue weighted by Crippen LogP contribution is 2.12. The Balaban J connectivity index is 2.66. The van der Waals surface area contributed by atoms with Crippen molar-refractivity contribution in [3.8, 4) is 5.75 Å². The molecular formula is C12H15NO4. The van der Waals surface area contributed by atoms with E-state index in [1.165, 1.54) is 24.0 Å². The minimum atomic E-state index is -1.13. The van der Waals surface area contributed by atoms with Gasteiger partial charge < -0.3 is 15.1 Å². The van der Waals surface area contributed by atoms with Gasteiger partial charge in [0, 0.05) is 13.6 Å². The molecular weight excluding hydrogens is 222 g/mol. The van der Waals surface area contributed by atoms with E-state index in [2.05, 4.69) is 0 Å². The average molecular weight is 237 g/mol. The van der Waals surface area contributed by atoms with Gasteiger partial charge in [-0.25, -0.2) is 0 Å². The van der Waals surface area contributed by atoms with Crippen molar-refractivity contribution in [2.24, 2.45) is 5.92 Å². The van der Waals surface area contributed by atoms with Crippen LogP contribution < -0.4 is 0 Å². The van der Waals surface area contributed by atoms with Gasteiger partial charge in [0.1, 0.15) is 11.7 Å². The number of benzene rings is 1. The van der Waals surface area contributed by atoms with Crippen LogP contribution in [0.15, 0.2) is 24.3 Å². The average Bonchev–Trinajstić information content (AvgIpc) is 2.30. The van der Waals surface area contributed by atoms with Gasteiger partial charge in [0.25, 0.3) is 0 Å². The molecule has 0 saturated carbocycles. The molecule has 0 aliphatic rings. The molecule has 0 heterocycles.